The van der Waals surface area contributed by atoms with Gasteiger partial charge in [0.25, 0.3) is 0 Å². The second-order valence-corrected chi connectivity index (χ2v) is 6.75. The molecule has 112 valence electrons. The van der Waals surface area contributed by atoms with Crippen LogP contribution in [-0.4, -0.2) is 30.8 Å². The van der Waals surface area contributed by atoms with E-state index in [1.165, 1.54) is 0 Å². The Kier molecular flexibility index (Phi) is 4.22. The van der Waals surface area contributed by atoms with Crippen LogP contribution in [0.25, 0.3) is 0 Å². The van der Waals surface area contributed by atoms with Crippen molar-refractivity contribution in [1.29, 1.82) is 0 Å². The van der Waals surface area contributed by atoms with E-state index in [2.05, 4.69) is 4.99 Å². The Balaban J connectivity index is 1.85. The maximum atomic E-state index is 10.6. The predicted octanol–water partition coefficient (Wildman–Crippen LogP) is 3.29. The van der Waals surface area contributed by atoms with E-state index in [1.807, 2.05) is 30.0 Å². The van der Waals surface area contributed by atoms with Crippen LogP contribution in [0.15, 0.2) is 23.2 Å². The summed E-state index contributed by atoms with van der Waals surface area (Å²) in [5, 5.41) is 0. The minimum atomic E-state index is -0.367. The normalized spacial score (nSPS) is 20.4. The van der Waals surface area contributed by atoms with Gasteiger partial charge in [0, 0.05) is 0 Å². The van der Waals surface area contributed by atoms with Gasteiger partial charge in [0.15, 0.2) is 11.5 Å². The van der Waals surface area contributed by atoms with Crippen LogP contribution in [0.3, 0.4) is 0 Å². The van der Waals surface area contributed by atoms with Crippen molar-refractivity contribution >= 4 is 17.8 Å². The lowest BCUT2D eigenvalue weighted by atomic mass is 10.0. The van der Waals surface area contributed by atoms with E-state index in [1.54, 1.807) is 13.2 Å². The Morgan fingerprint density at radius 3 is 2.67 bits per heavy atom. The van der Waals surface area contributed by atoms with Gasteiger partial charge in [-0.1, -0.05) is 6.07 Å². The monoisotopic (exact) mass is 305 g/mol. The third kappa shape index (κ3) is 3.09. The number of hydrogen-bond acceptors (Lipinski definition) is 5. The molecule has 2 aliphatic rings. The zero-order valence-electron chi connectivity index (χ0n) is 12.1. The molecule has 3 rings (SSSR count). The van der Waals surface area contributed by atoms with Gasteiger partial charge in [-0.3, -0.25) is 0 Å². The van der Waals surface area contributed by atoms with Crippen LogP contribution in [0, 0.1) is 0 Å². The van der Waals surface area contributed by atoms with Crippen molar-refractivity contribution in [3.05, 3.63) is 23.8 Å². The fourth-order valence-electron chi connectivity index (χ4n) is 2.70. The van der Waals surface area contributed by atoms with Gasteiger partial charge in [-0.25, -0.2) is 4.79 Å². The number of aliphatic imine (C=N–C) groups is 1. The lowest BCUT2D eigenvalue weighted by Gasteiger charge is -2.24. The van der Waals surface area contributed by atoms with E-state index >= 15 is 0 Å². The molecule has 5 heteroatoms. The highest BCUT2D eigenvalue weighted by atomic mass is 32.2. The largest absolute Gasteiger partial charge is 0.493 e. The molecule has 0 aromatic heterocycles. The van der Waals surface area contributed by atoms with Gasteiger partial charge in [-0.05, 0) is 54.9 Å². The average molecular weight is 305 g/mol. The van der Waals surface area contributed by atoms with Crippen molar-refractivity contribution in [2.45, 2.75) is 37.3 Å². The number of nitrogens with zero attached hydrogens (tertiary/aromatic N) is 1. The zero-order chi connectivity index (χ0) is 14.7. The van der Waals surface area contributed by atoms with E-state index in [0.29, 0.717) is 0 Å². The van der Waals surface area contributed by atoms with Gasteiger partial charge in [0.2, 0.25) is 6.08 Å². The SMILES string of the molecule is COc1ccc(C2(N=C=O)CC2)cc1OC1CCSCC1. The third-order valence-corrected chi connectivity index (χ3v) is 5.19. The summed E-state index contributed by atoms with van der Waals surface area (Å²) in [4.78, 5) is 14.6. The van der Waals surface area contributed by atoms with Crippen molar-refractivity contribution in [3.63, 3.8) is 0 Å². The Bertz CT molecular complexity index is 559. The molecule has 0 amide bonds. The van der Waals surface area contributed by atoms with Gasteiger partial charge >= 0.3 is 0 Å². The summed E-state index contributed by atoms with van der Waals surface area (Å²) in [6, 6.07) is 5.85. The highest BCUT2D eigenvalue weighted by Gasteiger charge is 2.45. The molecule has 0 atom stereocenters. The molecule has 1 heterocycles. The van der Waals surface area contributed by atoms with E-state index in [0.717, 1.165) is 54.3 Å². The summed E-state index contributed by atoms with van der Waals surface area (Å²) >= 11 is 1.97. The molecule has 1 saturated carbocycles. The summed E-state index contributed by atoms with van der Waals surface area (Å²) < 4.78 is 11.5. The number of methoxy groups -OCH3 is 1. The molecule has 0 bridgehead atoms. The predicted molar refractivity (Wildman–Crippen MR) is 83.0 cm³/mol. The number of hydrogen-bond donors (Lipinski definition) is 0. The lowest BCUT2D eigenvalue weighted by Crippen LogP contribution is -2.22. The lowest BCUT2D eigenvalue weighted by molar-refractivity contribution is 0.184. The molecule has 1 aliphatic heterocycles. The number of carbonyl (C=O) groups excluding carboxylic acids is 1. The third-order valence-electron chi connectivity index (χ3n) is 4.15. The molecule has 0 N–H and O–H groups in total. The molecule has 4 nitrogen and oxygen atoms in total. The van der Waals surface area contributed by atoms with Gasteiger partial charge < -0.3 is 9.47 Å². The summed E-state index contributed by atoms with van der Waals surface area (Å²) in [7, 11) is 1.65. The fourth-order valence-corrected chi connectivity index (χ4v) is 3.77. The number of isocyanates is 1. The van der Waals surface area contributed by atoms with E-state index < -0.39 is 0 Å². The van der Waals surface area contributed by atoms with Crippen molar-refractivity contribution in [1.82, 2.24) is 0 Å². The summed E-state index contributed by atoms with van der Waals surface area (Å²) in [6.07, 6.45) is 5.87. The first-order valence-corrected chi connectivity index (χ1v) is 8.45. The Morgan fingerprint density at radius 1 is 1.29 bits per heavy atom. The Labute approximate surface area is 128 Å². The number of benzene rings is 1. The first kappa shape index (κ1) is 14.5. The second-order valence-electron chi connectivity index (χ2n) is 5.53. The van der Waals surface area contributed by atoms with Gasteiger partial charge in [0.05, 0.1) is 12.6 Å². The number of thioether (sulfide) groups is 1. The molecule has 1 aliphatic carbocycles. The first-order chi connectivity index (χ1) is 10.3. The van der Waals surface area contributed by atoms with Crippen LogP contribution < -0.4 is 9.47 Å². The smallest absolute Gasteiger partial charge is 0.235 e. The molecule has 0 radical (unpaired) electrons. The highest BCUT2D eigenvalue weighted by Crippen LogP contribution is 2.50. The summed E-state index contributed by atoms with van der Waals surface area (Å²) in [5.74, 6) is 3.79. The minimum Gasteiger partial charge on any atom is -0.493 e. The molecule has 0 spiro atoms. The van der Waals surface area contributed by atoms with E-state index in [4.69, 9.17) is 9.47 Å². The quantitative estimate of drug-likeness (QED) is 0.618. The van der Waals surface area contributed by atoms with Crippen molar-refractivity contribution in [2.75, 3.05) is 18.6 Å². The van der Waals surface area contributed by atoms with Gasteiger partial charge in [0.1, 0.15) is 6.10 Å². The standard InChI is InChI=1S/C16H19NO3S/c1-19-14-3-2-12(16(6-7-16)17-11-18)10-15(14)20-13-4-8-21-9-5-13/h2-3,10,13H,4-9H2,1H3. The van der Waals surface area contributed by atoms with Crippen molar-refractivity contribution < 1.29 is 14.3 Å². The Hall–Kier alpha value is -1.45. The van der Waals surface area contributed by atoms with E-state index in [9.17, 15) is 4.79 Å². The van der Waals surface area contributed by atoms with Gasteiger partial charge in [-0.15, -0.1) is 0 Å². The maximum absolute atomic E-state index is 10.6. The summed E-state index contributed by atoms with van der Waals surface area (Å²) in [5.41, 5.74) is 0.654. The molecule has 21 heavy (non-hydrogen) atoms. The summed E-state index contributed by atoms with van der Waals surface area (Å²) in [6.45, 7) is 0. The van der Waals surface area contributed by atoms with Crippen LogP contribution in [0.1, 0.15) is 31.2 Å². The first-order valence-electron chi connectivity index (χ1n) is 7.29. The van der Waals surface area contributed by atoms with Gasteiger partial charge in [-0.2, -0.15) is 16.8 Å². The van der Waals surface area contributed by atoms with Crippen LogP contribution >= 0.6 is 11.8 Å². The van der Waals surface area contributed by atoms with Crippen LogP contribution in [0.2, 0.25) is 0 Å². The molecule has 1 aromatic carbocycles. The van der Waals surface area contributed by atoms with Crippen LogP contribution in [0.5, 0.6) is 11.5 Å². The zero-order valence-corrected chi connectivity index (χ0v) is 12.9. The molecule has 1 aromatic rings. The molecule has 1 saturated heterocycles. The molecular weight excluding hydrogens is 286 g/mol. The fraction of sp³-hybridized carbons (Fsp3) is 0.562. The number of ether oxygens (including phenoxy) is 2. The second kappa shape index (κ2) is 6.12. The Morgan fingerprint density at radius 2 is 2.05 bits per heavy atom. The topological polar surface area (TPSA) is 47.9 Å². The molecular formula is C16H19NO3S. The molecule has 0 unspecified atom stereocenters. The van der Waals surface area contributed by atoms with Crippen LogP contribution in [0.4, 0.5) is 0 Å². The van der Waals surface area contributed by atoms with Crippen molar-refractivity contribution in [2.24, 2.45) is 4.99 Å². The molecule has 2 fully saturated rings. The van der Waals surface area contributed by atoms with Crippen LogP contribution in [-0.2, 0) is 10.3 Å². The highest BCUT2D eigenvalue weighted by molar-refractivity contribution is 7.99. The number of rotatable bonds is 5. The average Bonchev–Trinajstić information content (AvgIpc) is 3.29. The minimum absolute atomic E-state index is 0.250. The maximum Gasteiger partial charge on any atom is 0.235 e. The van der Waals surface area contributed by atoms with E-state index in [-0.39, 0.29) is 11.6 Å². The van der Waals surface area contributed by atoms with Crippen molar-refractivity contribution in [3.8, 4) is 11.5 Å².